The second-order valence-electron chi connectivity index (χ2n) is 5.62. The maximum Gasteiger partial charge on any atom is 0.188 e. The monoisotopic (exact) mass is 328 g/mol. The number of rotatable bonds is 6. The molecule has 0 fully saturated rings. The predicted octanol–water partition coefficient (Wildman–Crippen LogP) is 2.84. The van der Waals surface area contributed by atoms with Gasteiger partial charge in [0.2, 0.25) is 0 Å². The second-order valence-corrected chi connectivity index (χ2v) is 6.48. The summed E-state index contributed by atoms with van der Waals surface area (Å²) in [5.74, 6) is 0.678. The Labute approximate surface area is 139 Å². The van der Waals surface area contributed by atoms with Crippen LogP contribution in [-0.4, -0.2) is 30.8 Å². The lowest BCUT2D eigenvalue weighted by Crippen LogP contribution is -2.33. The standard InChI is InChI=1S/C16H20N6S/c1-11-7-20-22(9-11)13(3)12(2)19-8-14-10-23-16(21-14)15-17-5-4-6-18-15/h4-7,9-10,12-13,19H,8H2,1-3H3/t12-,13+/m1/s1. The molecule has 23 heavy (non-hydrogen) atoms. The minimum atomic E-state index is 0.277. The molecule has 0 radical (unpaired) electrons. The summed E-state index contributed by atoms with van der Waals surface area (Å²) in [5, 5.41) is 10.8. The number of aryl methyl sites for hydroxylation is 1. The van der Waals surface area contributed by atoms with E-state index in [1.54, 1.807) is 29.8 Å². The molecule has 2 atom stereocenters. The van der Waals surface area contributed by atoms with E-state index in [-0.39, 0.29) is 12.1 Å². The summed E-state index contributed by atoms with van der Waals surface area (Å²) in [4.78, 5) is 13.1. The fourth-order valence-corrected chi connectivity index (χ4v) is 2.99. The number of nitrogens with zero attached hydrogens (tertiary/aromatic N) is 5. The van der Waals surface area contributed by atoms with E-state index >= 15 is 0 Å². The van der Waals surface area contributed by atoms with Gasteiger partial charge in [-0.25, -0.2) is 15.0 Å². The zero-order chi connectivity index (χ0) is 16.2. The van der Waals surface area contributed by atoms with Crippen LogP contribution in [0.25, 0.3) is 10.8 Å². The number of hydrogen-bond donors (Lipinski definition) is 1. The fourth-order valence-electron chi connectivity index (χ4n) is 2.22. The Morgan fingerprint density at radius 3 is 2.74 bits per heavy atom. The minimum absolute atomic E-state index is 0.277. The zero-order valence-corrected chi connectivity index (χ0v) is 14.3. The SMILES string of the molecule is Cc1cnn([C@@H](C)[C@@H](C)NCc2csc(-c3ncccn3)n2)c1. The molecule has 3 aromatic heterocycles. The molecule has 0 bridgehead atoms. The van der Waals surface area contributed by atoms with E-state index in [1.165, 1.54) is 5.56 Å². The van der Waals surface area contributed by atoms with Crippen LogP contribution in [0, 0.1) is 6.92 Å². The molecule has 1 N–H and O–H groups in total. The molecule has 3 heterocycles. The van der Waals surface area contributed by atoms with Crippen molar-refractivity contribution in [2.24, 2.45) is 0 Å². The number of hydrogen-bond acceptors (Lipinski definition) is 6. The van der Waals surface area contributed by atoms with Crippen LogP contribution in [0.15, 0.2) is 36.2 Å². The molecule has 6 nitrogen and oxygen atoms in total. The Balaban J connectivity index is 1.59. The van der Waals surface area contributed by atoms with Gasteiger partial charge in [0.25, 0.3) is 0 Å². The summed E-state index contributed by atoms with van der Waals surface area (Å²) in [6.45, 7) is 7.09. The van der Waals surface area contributed by atoms with Crippen LogP contribution in [0.5, 0.6) is 0 Å². The highest BCUT2D eigenvalue weighted by Gasteiger charge is 2.15. The van der Waals surface area contributed by atoms with E-state index in [0.717, 1.165) is 17.2 Å². The molecule has 0 unspecified atom stereocenters. The van der Waals surface area contributed by atoms with Crippen LogP contribution in [0.3, 0.4) is 0 Å². The van der Waals surface area contributed by atoms with E-state index in [4.69, 9.17) is 0 Å². The van der Waals surface area contributed by atoms with E-state index in [9.17, 15) is 0 Å². The molecule has 7 heteroatoms. The van der Waals surface area contributed by atoms with E-state index in [0.29, 0.717) is 5.82 Å². The van der Waals surface area contributed by atoms with Crippen LogP contribution in [-0.2, 0) is 6.54 Å². The van der Waals surface area contributed by atoms with E-state index in [2.05, 4.69) is 52.3 Å². The number of nitrogens with one attached hydrogen (secondary N) is 1. The second kappa shape index (κ2) is 6.97. The van der Waals surface area contributed by atoms with Gasteiger partial charge in [-0.05, 0) is 32.4 Å². The molecule has 0 amide bonds. The van der Waals surface area contributed by atoms with Crippen LogP contribution in [0.2, 0.25) is 0 Å². The van der Waals surface area contributed by atoms with Crippen molar-refractivity contribution < 1.29 is 0 Å². The Bertz CT molecular complexity index is 751. The topological polar surface area (TPSA) is 68.5 Å². The molecule has 0 aliphatic heterocycles. The molecule has 120 valence electrons. The smallest absolute Gasteiger partial charge is 0.188 e. The van der Waals surface area contributed by atoms with Gasteiger partial charge in [-0.3, -0.25) is 4.68 Å². The first-order valence-corrected chi connectivity index (χ1v) is 8.47. The molecule has 0 aliphatic rings. The third-order valence-corrected chi connectivity index (χ3v) is 4.67. The third-order valence-electron chi connectivity index (χ3n) is 3.79. The molecule has 3 aromatic rings. The van der Waals surface area contributed by atoms with Crippen molar-refractivity contribution in [2.45, 2.75) is 39.4 Å². The summed E-state index contributed by atoms with van der Waals surface area (Å²) < 4.78 is 2.00. The average Bonchev–Trinajstić information content (AvgIpc) is 3.22. The molecule has 0 aliphatic carbocycles. The molecule has 0 aromatic carbocycles. The lowest BCUT2D eigenvalue weighted by molar-refractivity contribution is 0.364. The minimum Gasteiger partial charge on any atom is -0.306 e. The molecular weight excluding hydrogens is 308 g/mol. The van der Waals surface area contributed by atoms with Gasteiger partial charge < -0.3 is 5.32 Å². The summed E-state index contributed by atoms with van der Waals surface area (Å²) >= 11 is 1.57. The van der Waals surface area contributed by atoms with E-state index in [1.807, 2.05) is 16.3 Å². The lowest BCUT2D eigenvalue weighted by Gasteiger charge is -2.21. The quantitative estimate of drug-likeness (QED) is 0.753. The van der Waals surface area contributed by atoms with Crippen LogP contribution in [0.4, 0.5) is 0 Å². The molecule has 0 saturated heterocycles. The van der Waals surface area contributed by atoms with Crippen molar-refractivity contribution in [2.75, 3.05) is 0 Å². The van der Waals surface area contributed by atoms with Gasteiger partial charge in [-0.2, -0.15) is 5.10 Å². The Kier molecular flexibility index (Phi) is 4.78. The molecule has 0 spiro atoms. The summed E-state index contributed by atoms with van der Waals surface area (Å²) in [5.41, 5.74) is 2.18. The van der Waals surface area contributed by atoms with Gasteiger partial charge in [0.1, 0.15) is 0 Å². The summed E-state index contributed by atoms with van der Waals surface area (Å²) in [6, 6.07) is 2.37. The maximum atomic E-state index is 4.60. The molecule has 3 rings (SSSR count). The normalized spacial score (nSPS) is 13.9. The lowest BCUT2D eigenvalue weighted by atomic mass is 10.1. The van der Waals surface area contributed by atoms with Crippen LogP contribution < -0.4 is 5.32 Å². The number of aromatic nitrogens is 5. The molecular formula is C16H20N6S. The van der Waals surface area contributed by atoms with Crippen LogP contribution in [0.1, 0.15) is 31.1 Å². The van der Waals surface area contributed by atoms with Gasteiger partial charge in [0.15, 0.2) is 10.8 Å². The summed E-state index contributed by atoms with van der Waals surface area (Å²) in [6.07, 6.45) is 7.42. The van der Waals surface area contributed by atoms with Crippen molar-refractivity contribution in [3.63, 3.8) is 0 Å². The number of thiazole rings is 1. The van der Waals surface area contributed by atoms with Gasteiger partial charge in [0.05, 0.1) is 17.9 Å². The maximum absolute atomic E-state index is 4.60. The van der Waals surface area contributed by atoms with Gasteiger partial charge in [-0.15, -0.1) is 11.3 Å². The van der Waals surface area contributed by atoms with Crippen molar-refractivity contribution in [1.29, 1.82) is 0 Å². The first kappa shape index (κ1) is 15.8. The third kappa shape index (κ3) is 3.80. The van der Waals surface area contributed by atoms with Crippen molar-refractivity contribution in [3.8, 4) is 10.8 Å². The first-order valence-electron chi connectivity index (χ1n) is 7.59. The van der Waals surface area contributed by atoms with Gasteiger partial charge in [0, 0.05) is 36.6 Å². The predicted molar refractivity (Wildman–Crippen MR) is 91.1 cm³/mol. The largest absolute Gasteiger partial charge is 0.306 e. The van der Waals surface area contributed by atoms with E-state index < -0.39 is 0 Å². The summed E-state index contributed by atoms with van der Waals surface area (Å²) in [7, 11) is 0. The van der Waals surface area contributed by atoms with Crippen molar-refractivity contribution >= 4 is 11.3 Å². The Hall–Kier alpha value is -2.12. The average molecular weight is 328 g/mol. The Morgan fingerprint density at radius 2 is 2.04 bits per heavy atom. The Morgan fingerprint density at radius 1 is 1.26 bits per heavy atom. The highest BCUT2D eigenvalue weighted by Crippen LogP contribution is 2.20. The van der Waals surface area contributed by atoms with Crippen molar-refractivity contribution in [3.05, 3.63) is 47.5 Å². The zero-order valence-electron chi connectivity index (χ0n) is 13.5. The van der Waals surface area contributed by atoms with Crippen LogP contribution >= 0.6 is 11.3 Å². The fraction of sp³-hybridized carbons (Fsp3) is 0.375. The van der Waals surface area contributed by atoms with Gasteiger partial charge >= 0.3 is 0 Å². The van der Waals surface area contributed by atoms with Gasteiger partial charge in [-0.1, -0.05) is 0 Å². The van der Waals surface area contributed by atoms with Crippen molar-refractivity contribution in [1.82, 2.24) is 30.0 Å². The highest BCUT2D eigenvalue weighted by molar-refractivity contribution is 7.13. The molecule has 0 saturated carbocycles. The highest BCUT2D eigenvalue weighted by atomic mass is 32.1. The first-order chi connectivity index (χ1) is 11.1.